The Morgan fingerprint density at radius 2 is 2.29 bits per heavy atom. The molecule has 1 saturated carbocycles. The summed E-state index contributed by atoms with van der Waals surface area (Å²) in [7, 11) is 0. The van der Waals surface area contributed by atoms with Crippen molar-refractivity contribution in [2.24, 2.45) is 5.41 Å². The van der Waals surface area contributed by atoms with Crippen molar-refractivity contribution >= 4 is 17.5 Å². The predicted octanol–water partition coefficient (Wildman–Crippen LogP) is 2.74. The molecule has 0 aliphatic heterocycles. The zero-order chi connectivity index (χ0) is 15.6. The minimum atomic E-state index is -0.933. The standard InChI is InChI=1S/C14H19N3O4/c1-9-6-8-15-12(11(9)17(20)21)16-10-5-3-4-7-14(10,2)13(18)19/h6,8,10H,3-5,7H2,1-2H3,(H,15,16)(H,18,19). The first-order chi connectivity index (χ1) is 9.86. The first-order valence-electron chi connectivity index (χ1n) is 6.96. The minimum absolute atomic E-state index is 0.0872. The number of nitrogens with zero attached hydrogens (tertiary/aromatic N) is 2. The lowest BCUT2D eigenvalue weighted by Gasteiger charge is -2.38. The number of hydrogen-bond acceptors (Lipinski definition) is 5. The first kappa shape index (κ1) is 15.2. The van der Waals surface area contributed by atoms with Gasteiger partial charge in [-0.15, -0.1) is 0 Å². The van der Waals surface area contributed by atoms with E-state index in [4.69, 9.17) is 0 Å². The molecule has 1 aliphatic carbocycles. The van der Waals surface area contributed by atoms with Crippen LogP contribution in [0.4, 0.5) is 11.5 Å². The maximum absolute atomic E-state index is 11.6. The molecule has 0 bridgehead atoms. The molecule has 114 valence electrons. The topological polar surface area (TPSA) is 105 Å². The second-order valence-electron chi connectivity index (χ2n) is 5.75. The van der Waals surface area contributed by atoms with E-state index in [0.29, 0.717) is 18.4 Å². The van der Waals surface area contributed by atoms with Gasteiger partial charge in [-0.2, -0.15) is 0 Å². The number of hydrogen-bond donors (Lipinski definition) is 2. The molecule has 1 fully saturated rings. The van der Waals surface area contributed by atoms with Gasteiger partial charge in [-0.3, -0.25) is 14.9 Å². The largest absolute Gasteiger partial charge is 0.481 e. The van der Waals surface area contributed by atoms with E-state index in [-0.39, 0.29) is 17.5 Å². The number of pyridine rings is 1. The zero-order valence-electron chi connectivity index (χ0n) is 12.1. The molecule has 0 spiro atoms. The van der Waals surface area contributed by atoms with Crippen LogP contribution in [0.25, 0.3) is 0 Å². The van der Waals surface area contributed by atoms with Crippen LogP contribution in [-0.2, 0) is 4.79 Å². The van der Waals surface area contributed by atoms with Gasteiger partial charge in [0.25, 0.3) is 0 Å². The summed E-state index contributed by atoms with van der Waals surface area (Å²) in [6.07, 6.45) is 4.46. The van der Waals surface area contributed by atoms with Gasteiger partial charge in [0.2, 0.25) is 5.82 Å². The van der Waals surface area contributed by atoms with E-state index in [1.165, 1.54) is 6.20 Å². The van der Waals surface area contributed by atoms with Crippen LogP contribution in [0.5, 0.6) is 0 Å². The Kier molecular flexibility index (Phi) is 4.11. The number of aromatic nitrogens is 1. The maximum Gasteiger partial charge on any atom is 0.314 e. The minimum Gasteiger partial charge on any atom is -0.481 e. The van der Waals surface area contributed by atoms with Crippen molar-refractivity contribution < 1.29 is 14.8 Å². The number of nitrogens with one attached hydrogen (secondary N) is 1. The monoisotopic (exact) mass is 293 g/mol. The van der Waals surface area contributed by atoms with E-state index in [1.54, 1.807) is 19.9 Å². The Morgan fingerprint density at radius 1 is 1.57 bits per heavy atom. The van der Waals surface area contributed by atoms with Crippen molar-refractivity contribution in [2.45, 2.75) is 45.6 Å². The first-order valence-corrected chi connectivity index (χ1v) is 6.96. The molecule has 1 aromatic rings. The smallest absolute Gasteiger partial charge is 0.314 e. The molecule has 0 amide bonds. The van der Waals surface area contributed by atoms with E-state index >= 15 is 0 Å². The average Bonchev–Trinajstić information content (AvgIpc) is 2.41. The molecular weight excluding hydrogens is 274 g/mol. The van der Waals surface area contributed by atoms with Crippen molar-refractivity contribution in [2.75, 3.05) is 5.32 Å². The third kappa shape index (κ3) is 2.81. The SMILES string of the molecule is Cc1ccnc(NC2CCCCC2(C)C(=O)O)c1[N+](=O)[O-]. The fourth-order valence-corrected chi connectivity index (χ4v) is 2.87. The quantitative estimate of drug-likeness (QED) is 0.653. The Bertz CT molecular complexity index is 575. The lowest BCUT2D eigenvalue weighted by Crippen LogP contribution is -2.46. The summed E-state index contributed by atoms with van der Waals surface area (Å²) < 4.78 is 0. The van der Waals surface area contributed by atoms with Crippen LogP contribution in [0.1, 0.15) is 38.2 Å². The number of anilines is 1. The van der Waals surface area contributed by atoms with Gasteiger partial charge in [0, 0.05) is 17.8 Å². The highest BCUT2D eigenvalue weighted by atomic mass is 16.6. The van der Waals surface area contributed by atoms with Crippen LogP contribution in [0, 0.1) is 22.5 Å². The van der Waals surface area contributed by atoms with Gasteiger partial charge in [-0.1, -0.05) is 12.8 Å². The summed E-state index contributed by atoms with van der Waals surface area (Å²) in [5.41, 5.74) is -0.515. The number of aryl methyl sites for hydroxylation is 1. The lowest BCUT2D eigenvalue weighted by atomic mass is 9.71. The summed E-state index contributed by atoms with van der Waals surface area (Å²) in [5.74, 6) is -0.727. The normalized spacial score (nSPS) is 25.3. The number of carboxylic acid groups (broad SMARTS) is 1. The number of rotatable bonds is 4. The maximum atomic E-state index is 11.6. The van der Waals surface area contributed by atoms with Gasteiger partial charge in [-0.05, 0) is 32.8 Å². The van der Waals surface area contributed by atoms with E-state index in [0.717, 1.165) is 12.8 Å². The molecule has 2 atom stereocenters. The summed E-state index contributed by atoms with van der Waals surface area (Å²) in [4.78, 5) is 26.3. The lowest BCUT2D eigenvalue weighted by molar-refractivity contribution is -0.384. The molecule has 2 rings (SSSR count). The van der Waals surface area contributed by atoms with Crippen molar-refractivity contribution in [1.29, 1.82) is 0 Å². The number of aliphatic carboxylic acids is 1. The molecule has 7 nitrogen and oxygen atoms in total. The molecule has 1 aliphatic rings. The predicted molar refractivity (Wildman–Crippen MR) is 77.2 cm³/mol. The molecule has 7 heteroatoms. The van der Waals surface area contributed by atoms with Crippen LogP contribution in [0.15, 0.2) is 12.3 Å². The van der Waals surface area contributed by atoms with Crippen molar-refractivity contribution in [1.82, 2.24) is 4.98 Å². The van der Waals surface area contributed by atoms with Gasteiger partial charge >= 0.3 is 11.7 Å². The third-order valence-corrected chi connectivity index (χ3v) is 4.32. The summed E-state index contributed by atoms with van der Waals surface area (Å²) >= 11 is 0. The Morgan fingerprint density at radius 3 is 2.90 bits per heavy atom. The highest BCUT2D eigenvalue weighted by molar-refractivity contribution is 5.76. The Balaban J connectivity index is 2.35. The van der Waals surface area contributed by atoms with Gasteiger partial charge in [0.15, 0.2) is 0 Å². The fourth-order valence-electron chi connectivity index (χ4n) is 2.87. The van der Waals surface area contributed by atoms with E-state index < -0.39 is 16.3 Å². The zero-order valence-corrected chi connectivity index (χ0v) is 12.1. The fraction of sp³-hybridized carbons (Fsp3) is 0.571. The van der Waals surface area contributed by atoms with Gasteiger partial charge < -0.3 is 10.4 Å². The number of nitro groups is 1. The van der Waals surface area contributed by atoms with Crippen LogP contribution in [-0.4, -0.2) is 27.0 Å². The Labute approximate surface area is 122 Å². The van der Waals surface area contributed by atoms with Crippen LogP contribution >= 0.6 is 0 Å². The second-order valence-corrected chi connectivity index (χ2v) is 5.75. The highest BCUT2D eigenvalue weighted by Crippen LogP contribution is 2.39. The van der Waals surface area contributed by atoms with E-state index in [9.17, 15) is 20.0 Å². The molecule has 1 aromatic heterocycles. The molecule has 0 aromatic carbocycles. The molecule has 2 unspecified atom stereocenters. The highest BCUT2D eigenvalue weighted by Gasteiger charge is 2.44. The molecule has 2 N–H and O–H groups in total. The summed E-state index contributed by atoms with van der Waals surface area (Å²) in [6, 6.07) is 1.21. The summed E-state index contributed by atoms with van der Waals surface area (Å²) in [6.45, 7) is 3.33. The third-order valence-electron chi connectivity index (χ3n) is 4.32. The van der Waals surface area contributed by atoms with Crippen LogP contribution in [0.3, 0.4) is 0 Å². The van der Waals surface area contributed by atoms with Crippen molar-refractivity contribution in [3.8, 4) is 0 Å². The van der Waals surface area contributed by atoms with Crippen LogP contribution in [0.2, 0.25) is 0 Å². The van der Waals surface area contributed by atoms with Crippen molar-refractivity contribution in [3.63, 3.8) is 0 Å². The van der Waals surface area contributed by atoms with E-state index in [2.05, 4.69) is 10.3 Å². The van der Waals surface area contributed by atoms with Gasteiger partial charge in [-0.25, -0.2) is 4.98 Å². The molecule has 21 heavy (non-hydrogen) atoms. The molecule has 1 heterocycles. The molecular formula is C14H19N3O4. The van der Waals surface area contributed by atoms with Crippen molar-refractivity contribution in [3.05, 3.63) is 27.9 Å². The Hall–Kier alpha value is -2.18. The average molecular weight is 293 g/mol. The molecule has 0 saturated heterocycles. The second kappa shape index (κ2) is 5.67. The molecule has 0 radical (unpaired) electrons. The number of carbonyl (C=O) groups is 1. The number of carboxylic acids is 1. The van der Waals surface area contributed by atoms with E-state index in [1.807, 2.05) is 0 Å². The van der Waals surface area contributed by atoms with Crippen LogP contribution < -0.4 is 5.32 Å². The summed E-state index contributed by atoms with van der Waals surface area (Å²) in [5, 5.41) is 23.7. The van der Waals surface area contributed by atoms with Gasteiger partial charge in [0.1, 0.15) is 0 Å². The van der Waals surface area contributed by atoms with Gasteiger partial charge in [0.05, 0.1) is 10.3 Å².